The number of hydrogen-bond donors (Lipinski definition) is 8. The number of aliphatic carboxylic acids is 1. The number of hydrogen-bond acceptors (Lipinski definition) is 8. The number of rotatable bonds is 14. The molecule has 0 bridgehead atoms. The molecule has 1 aromatic rings. The Morgan fingerprint density at radius 2 is 1.55 bits per heavy atom. The molecule has 1 aromatic carbocycles. The molecule has 0 aliphatic carbocycles. The van der Waals surface area contributed by atoms with E-state index in [0.29, 0.717) is 31.4 Å². The standard InChI is InChI=1S/C21H33N5O7/c1-12(18(29)26-17(11-27)21(32)33)24-20(31)16(10-13-5-7-14(28)8-6-13)25-19(30)15(23)4-2-3-9-22/h5-8,12,15-17,27-28H,2-4,9-11,22-23H2,1H3,(H,24,31)(H,25,30)(H,26,29)(H,32,33). The summed E-state index contributed by atoms with van der Waals surface area (Å²) in [5, 5.41) is 34.6. The van der Waals surface area contributed by atoms with Gasteiger partial charge in [0.2, 0.25) is 17.7 Å². The number of nitrogens with two attached hydrogens (primary N) is 2. The van der Waals surface area contributed by atoms with Gasteiger partial charge in [-0.15, -0.1) is 0 Å². The smallest absolute Gasteiger partial charge is 0.328 e. The van der Waals surface area contributed by atoms with Crippen LogP contribution < -0.4 is 27.4 Å². The van der Waals surface area contributed by atoms with E-state index >= 15 is 0 Å². The third-order valence-corrected chi connectivity index (χ3v) is 4.86. The van der Waals surface area contributed by atoms with Gasteiger partial charge in [-0.25, -0.2) is 4.79 Å². The van der Waals surface area contributed by atoms with E-state index in [1.165, 1.54) is 19.1 Å². The average molecular weight is 468 g/mol. The predicted molar refractivity (Wildman–Crippen MR) is 119 cm³/mol. The quantitative estimate of drug-likeness (QED) is 0.141. The van der Waals surface area contributed by atoms with Gasteiger partial charge in [0.05, 0.1) is 12.6 Å². The minimum absolute atomic E-state index is 0.0351. The number of phenols is 1. The van der Waals surface area contributed by atoms with Crippen LogP contribution in [0.3, 0.4) is 0 Å². The number of benzene rings is 1. The Bertz CT molecular complexity index is 803. The van der Waals surface area contributed by atoms with Crippen molar-refractivity contribution in [2.45, 2.75) is 56.8 Å². The second-order valence-electron chi connectivity index (χ2n) is 7.63. The largest absolute Gasteiger partial charge is 0.508 e. The fourth-order valence-corrected chi connectivity index (χ4v) is 2.86. The molecule has 12 heteroatoms. The van der Waals surface area contributed by atoms with Crippen LogP contribution in [0.1, 0.15) is 31.7 Å². The van der Waals surface area contributed by atoms with Crippen molar-refractivity contribution in [2.24, 2.45) is 11.5 Å². The fourth-order valence-electron chi connectivity index (χ4n) is 2.86. The first-order chi connectivity index (χ1) is 15.6. The van der Waals surface area contributed by atoms with E-state index in [1.807, 2.05) is 0 Å². The molecule has 1 rings (SSSR count). The SMILES string of the molecule is CC(NC(=O)C(Cc1ccc(O)cc1)NC(=O)C(N)CCCCN)C(=O)NC(CO)C(=O)O. The van der Waals surface area contributed by atoms with Gasteiger partial charge in [0.25, 0.3) is 0 Å². The third kappa shape index (κ3) is 9.85. The van der Waals surface area contributed by atoms with Crippen LogP contribution in [0.2, 0.25) is 0 Å². The van der Waals surface area contributed by atoms with Crippen molar-refractivity contribution in [3.63, 3.8) is 0 Å². The number of amides is 3. The van der Waals surface area contributed by atoms with Gasteiger partial charge in [0.15, 0.2) is 0 Å². The highest BCUT2D eigenvalue weighted by molar-refractivity contribution is 5.94. The van der Waals surface area contributed by atoms with E-state index in [-0.39, 0.29) is 12.2 Å². The number of aliphatic hydroxyl groups excluding tert-OH is 1. The molecule has 33 heavy (non-hydrogen) atoms. The first-order valence-electron chi connectivity index (χ1n) is 10.6. The van der Waals surface area contributed by atoms with Gasteiger partial charge in [-0.3, -0.25) is 14.4 Å². The summed E-state index contributed by atoms with van der Waals surface area (Å²) >= 11 is 0. The van der Waals surface area contributed by atoms with Crippen molar-refractivity contribution in [2.75, 3.05) is 13.2 Å². The number of aromatic hydroxyl groups is 1. The van der Waals surface area contributed by atoms with Gasteiger partial charge in [0.1, 0.15) is 23.9 Å². The summed E-state index contributed by atoms with van der Waals surface area (Å²) in [6, 6.07) is 1.41. The molecule has 12 nitrogen and oxygen atoms in total. The van der Waals surface area contributed by atoms with Crippen LogP contribution in [0.25, 0.3) is 0 Å². The Hall–Kier alpha value is -3.22. The second-order valence-corrected chi connectivity index (χ2v) is 7.63. The number of carboxylic acid groups (broad SMARTS) is 1. The van der Waals surface area contributed by atoms with E-state index in [1.54, 1.807) is 12.1 Å². The fraction of sp³-hybridized carbons (Fsp3) is 0.524. The van der Waals surface area contributed by atoms with Gasteiger partial charge in [-0.2, -0.15) is 0 Å². The van der Waals surface area contributed by atoms with Crippen LogP contribution in [0.15, 0.2) is 24.3 Å². The number of unbranched alkanes of at least 4 members (excludes halogenated alkanes) is 1. The van der Waals surface area contributed by atoms with E-state index < -0.39 is 54.5 Å². The Morgan fingerprint density at radius 3 is 2.09 bits per heavy atom. The summed E-state index contributed by atoms with van der Waals surface area (Å²) in [7, 11) is 0. The molecule has 0 fully saturated rings. The molecule has 0 aliphatic heterocycles. The number of carboxylic acids is 1. The highest BCUT2D eigenvalue weighted by atomic mass is 16.4. The van der Waals surface area contributed by atoms with Gasteiger partial charge in [-0.1, -0.05) is 18.6 Å². The zero-order chi connectivity index (χ0) is 25.0. The normalized spacial score (nSPS) is 14.4. The molecule has 3 amide bonds. The number of aliphatic hydroxyl groups is 1. The molecule has 184 valence electrons. The summed E-state index contributed by atoms with van der Waals surface area (Å²) in [4.78, 5) is 48.6. The van der Waals surface area contributed by atoms with Gasteiger partial charge >= 0.3 is 5.97 Å². The van der Waals surface area contributed by atoms with Gasteiger partial charge < -0.3 is 42.7 Å². The first kappa shape index (κ1) is 27.8. The van der Waals surface area contributed by atoms with Crippen molar-refractivity contribution in [1.29, 1.82) is 0 Å². The Labute approximate surface area is 191 Å². The van der Waals surface area contributed by atoms with Crippen LogP contribution in [0.5, 0.6) is 5.75 Å². The lowest BCUT2D eigenvalue weighted by Gasteiger charge is -2.23. The first-order valence-corrected chi connectivity index (χ1v) is 10.6. The molecule has 0 saturated heterocycles. The van der Waals surface area contributed by atoms with Crippen molar-refractivity contribution in [3.8, 4) is 5.75 Å². The molecule has 4 atom stereocenters. The average Bonchev–Trinajstić information content (AvgIpc) is 2.77. The summed E-state index contributed by atoms with van der Waals surface area (Å²) < 4.78 is 0. The lowest BCUT2D eigenvalue weighted by Crippen LogP contribution is -2.57. The minimum Gasteiger partial charge on any atom is -0.508 e. The van der Waals surface area contributed by atoms with Crippen molar-refractivity contribution in [3.05, 3.63) is 29.8 Å². The summed E-state index contributed by atoms with van der Waals surface area (Å²) in [5.74, 6) is -3.45. The lowest BCUT2D eigenvalue weighted by atomic mass is 10.0. The Balaban J connectivity index is 2.88. The van der Waals surface area contributed by atoms with Crippen molar-refractivity contribution in [1.82, 2.24) is 16.0 Å². The molecule has 0 heterocycles. The van der Waals surface area contributed by atoms with Crippen LogP contribution in [-0.2, 0) is 25.6 Å². The van der Waals surface area contributed by atoms with Crippen LogP contribution in [0, 0.1) is 0 Å². The summed E-state index contributed by atoms with van der Waals surface area (Å²) in [6.45, 7) is 0.990. The molecule has 0 radical (unpaired) electrons. The lowest BCUT2D eigenvalue weighted by molar-refractivity contribution is -0.143. The maximum Gasteiger partial charge on any atom is 0.328 e. The molecular weight excluding hydrogens is 434 g/mol. The van der Waals surface area contributed by atoms with Gasteiger partial charge in [-0.05, 0) is 44.0 Å². The topological polar surface area (TPSA) is 217 Å². The molecule has 10 N–H and O–H groups in total. The van der Waals surface area contributed by atoms with E-state index in [9.17, 15) is 24.3 Å². The zero-order valence-corrected chi connectivity index (χ0v) is 18.5. The number of phenolic OH excluding ortho intramolecular Hbond substituents is 1. The number of nitrogens with one attached hydrogen (secondary N) is 3. The van der Waals surface area contributed by atoms with E-state index in [0.717, 1.165) is 0 Å². The molecule has 0 saturated carbocycles. The molecule has 0 aromatic heterocycles. The minimum atomic E-state index is -1.52. The van der Waals surface area contributed by atoms with Crippen LogP contribution in [0.4, 0.5) is 0 Å². The molecule has 0 aliphatic rings. The highest BCUT2D eigenvalue weighted by Crippen LogP contribution is 2.12. The van der Waals surface area contributed by atoms with E-state index in [2.05, 4.69) is 16.0 Å². The summed E-state index contributed by atoms with van der Waals surface area (Å²) in [6.07, 6.45) is 1.78. The summed E-state index contributed by atoms with van der Waals surface area (Å²) in [5.41, 5.74) is 12.0. The Morgan fingerprint density at radius 1 is 0.939 bits per heavy atom. The van der Waals surface area contributed by atoms with Crippen LogP contribution >= 0.6 is 0 Å². The molecular formula is C21H33N5O7. The Kier molecular flexibility index (Phi) is 11.8. The number of carbonyl (C=O) groups is 4. The zero-order valence-electron chi connectivity index (χ0n) is 18.5. The highest BCUT2D eigenvalue weighted by Gasteiger charge is 2.28. The van der Waals surface area contributed by atoms with Crippen LogP contribution in [-0.4, -0.2) is 76.3 Å². The molecule has 4 unspecified atom stereocenters. The third-order valence-electron chi connectivity index (χ3n) is 4.86. The predicted octanol–water partition coefficient (Wildman–Crippen LogP) is -2.06. The van der Waals surface area contributed by atoms with Crippen molar-refractivity contribution >= 4 is 23.7 Å². The monoisotopic (exact) mass is 467 g/mol. The van der Waals surface area contributed by atoms with E-state index in [4.69, 9.17) is 21.7 Å². The van der Waals surface area contributed by atoms with Gasteiger partial charge in [0, 0.05) is 6.42 Å². The maximum absolute atomic E-state index is 12.9. The molecule has 0 spiro atoms. The second kappa shape index (κ2) is 14.0. The van der Waals surface area contributed by atoms with Crippen molar-refractivity contribution < 1.29 is 34.5 Å². The number of carbonyl (C=O) groups excluding carboxylic acids is 3. The maximum atomic E-state index is 12.9.